The SMILES string of the molecule is N#C[C@@H]1C(=O)[C@@H]2C[C@H]1[C@@H]1[C@@H]3N=N[C@@H]([C@H]4CCC[C@H]43)[C@@H]12. The first kappa shape index (κ1) is 10.5. The Morgan fingerprint density at radius 3 is 2.42 bits per heavy atom. The first-order chi connectivity index (χ1) is 9.31. The second-order valence-electron chi connectivity index (χ2n) is 7.14. The van der Waals surface area contributed by atoms with E-state index in [1.165, 1.54) is 19.3 Å². The van der Waals surface area contributed by atoms with E-state index in [4.69, 9.17) is 0 Å². The number of azo groups is 1. The standard InChI is InChI=1S/C15H17N3O/c16-5-10-8-4-9(15(10)19)12-11(8)13-6-2-1-3-7(6)14(12)18-17-13/h6-14H,1-4H2/t6-,7+,8-,9-,10+,11+,12-,13-,14+/m1/s1. The number of Topliss-reactive ketones (excluding diaryl/α,β-unsaturated/α-hetero) is 1. The molecule has 0 radical (unpaired) electrons. The van der Waals surface area contributed by atoms with Crippen molar-refractivity contribution in [3.8, 4) is 6.07 Å². The summed E-state index contributed by atoms with van der Waals surface area (Å²) in [6, 6.07) is 2.92. The molecule has 0 saturated heterocycles. The Morgan fingerprint density at radius 2 is 1.74 bits per heavy atom. The van der Waals surface area contributed by atoms with E-state index >= 15 is 0 Å². The van der Waals surface area contributed by atoms with Crippen molar-refractivity contribution in [3.63, 3.8) is 0 Å². The molecule has 4 saturated carbocycles. The van der Waals surface area contributed by atoms with Gasteiger partial charge < -0.3 is 0 Å². The molecule has 4 heteroatoms. The zero-order valence-electron chi connectivity index (χ0n) is 10.8. The maximum Gasteiger partial charge on any atom is 0.153 e. The van der Waals surface area contributed by atoms with Crippen LogP contribution in [0.3, 0.4) is 0 Å². The van der Waals surface area contributed by atoms with Crippen molar-refractivity contribution in [2.45, 2.75) is 37.8 Å². The Balaban J connectivity index is 1.61. The lowest BCUT2D eigenvalue weighted by molar-refractivity contribution is -0.131. The van der Waals surface area contributed by atoms with E-state index in [9.17, 15) is 10.1 Å². The van der Waals surface area contributed by atoms with Gasteiger partial charge in [0.15, 0.2) is 5.78 Å². The van der Waals surface area contributed by atoms with Crippen molar-refractivity contribution < 1.29 is 4.79 Å². The monoisotopic (exact) mass is 255 g/mol. The summed E-state index contributed by atoms with van der Waals surface area (Å²) in [4.78, 5) is 12.3. The second-order valence-corrected chi connectivity index (χ2v) is 7.14. The quantitative estimate of drug-likeness (QED) is 0.666. The van der Waals surface area contributed by atoms with Crippen molar-refractivity contribution in [2.75, 3.05) is 0 Å². The second kappa shape index (κ2) is 3.26. The van der Waals surface area contributed by atoms with Gasteiger partial charge in [-0.1, -0.05) is 6.42 Å². The minimum absolute atomic E-state index is 0.132. The van der Waals surface area contributed by atoms with Gasteiger partial charge in [-0.25, -0.2) is 0 Å². The number of nitrogens with zero attached hydrogens (tertiary/aromatic N) is 3. The predicted molar refractivity (Wildman–Crippen MR) is 66.0 cm³/mol. The first-order valence-corrected chi connectivity index (χ1v) is 7.64. The molecular weight excluding hydrogens is 238 g/mol. The third-order valence-electron chi connectivity index (χ3n) is 6.79. The van der Waals surface area contributed by atoms with Crippen LogP contribution >= 0.6 is 0 Å². The molecule has 0 spiro atoms. The fourth-order valence-corrected chi connectivity index (χ4v) is 6.29. The van der Waals surface area contributed by atoms with Gasteiger partial charge in [0, 0.05) is 5.92 Å². The fraction of sp³-hybridized carbons (Fsp3) is 0.867. The van der Waals surface area contributed by atoms with Crippen LogP contribution in [-0.2, 0) is 4.79 Å². The van der Waals surface area contributed by atoms with Gasteiger partial charge >= 0.3 is 0 Å². The molecule has 0 aromatic rings. The summed E-state index contributed by atoms with van der Waals surface area (Å²) in [6.45, 7) is 0. The van der Waals surface area contributed by atoms with Gasteiger partial charge in [0.2, 0.25) is 0 Å². The molecule has 9 atom stereocenters. The maximum atomic E-state index is 12.3. The molecule has 6 rings (SSSR count). The van der Waals surface area contributed by atoms with Gasteiger partial charge in [-0.2, -0.15) is 15.5 Å². The van der Waals surface area contributed by atoms with E-state index in [0.717, 1.165) is 6.42 Å². The third-order valence-corrected chi connectivity index (χ3v) is 6.79. The van der Waals surface area contributed by atoms with Crippen molar-refractivity contribution in [1.82, 2.24) is 0 Å². The summed E-state index contributed by atoms with van der Waals surface area (Å²) in [5, 5.41) is 18.5. The number of fused-ring (bicyclic) bond motifs is 2. The van der Waals surface area contributed by atoms with Crippen LogP contribution < -0.4 is 0 Å². The van der Waals surface area contributed by atoms with Gasteiger partial charge in [0.25, 0.3) is 0 Å². The highest BCUT2D eigenvalue weighted by Crippen LogP contribution is 2.65. The van der Waals surface area contributed by atoms with Gasteiger partial charge in [-0.05, 0) is 48.9 Å². The molecule has 98 valence electrons. The summed E-state index contributed by atoms with van der Waals surface area (Å²) in [7, 11) is 0. The highest BCUT2D eigenvalue weighted by atomic mass is 16.1. The molecule has 0 aromatic heterocycles. The topological polar surface area (TPSA) is 65.6 Å². The molecule has 2 heterocycles. The van der Waals surface area contributed by atoms with Crippen LogP contribution in [0.2, 0.25) is 0 Å². The van der Waals surface area contributed by atoms with Gasteiger partial charge in [-0.15, -0.1) is 0 Å². The molecule has 0 N–H and O–H groups in total. The van der Waals surface area contributed by atoms with E-state index in [1.807, 2.05) is 0 Å². The van der Waals surface area contributed by atoms with Crippen LogP contribution in [0.5, 0.6) is 0 Å². The van der Waals surface area contributed by atoms with Gasteiger partial charge in [0.1, 0.15) is 5.92 Å². The Hall–Kier alpha value is -1.24. The van der Waals surface area contributed by atoms with Crippen molar-refractivity contribution in [2.24, 2.45) is 51.7 Å². The minimum Gasteiger partial charge on any atom is -0.298 e. The molecule has 4 fully saturated rings. The Morgan fingerprint density at radius 1 is 1.05 bits per heavy atom. The number of ketones is 1. The molecule has 0 aromatic carbocycles. The minimum atomic E-state index is -0.333. The largest absolute Gasteiger partial charge is 0.298 e. The Kier molecular flexibility index (Phi) is 1.81. The van der Waals surface area contributed by atoms with Crippen LogP contribution in [0.4, 0.5) is 0 Å². The molecule has 0 amide bonds. The maximum absolute atomic E-state index is 12.3. The number of carbonyl (C=O) groups is 1. The number of carbonyl (C=O) groups excluding carboxylic acids is 1. The highest BCUT2D eigenvalue weighted by Gasteiger charge is 2.68. The Bertz CT molecular complexity index is 536. The summed E-state index contributed by atoms with van der Waals surface area (Å²) in [5.41, 5.74) is 0. The molecule has 4 nitrogen and oxygen atoms in total. The highest BCUT2D eigenvalue weighted by molar-refractivity contribution is 5.89. The average Bonchev–Trinajstić information content (AvgIpc) is 3.12. The van der Waals surface area contributed by atoms with Crippen molar-refractivity contribution >= 4 is 5.78 Å². The van der Waals surface area contributed by atoms with E-state index < -0.39 is 0 Å². The Labute approximate surface area is 112 Å². The normalized spacial score (nSPS) is 60.2. The van der Waals surface area contributed by atoms with E-state index in [0.29, 0.717) is 41.7 Å². The molecule has 4 aliphatic carbocycles. The zero-order valence-corrected chi connectivity index (χ0v) is 10.8. The van der Waals surface area contributed by atoms with Gasteiger partial charge in [0.05, 0.1) is 18.2 Å². The molecule has 0 unspecified atom stereocenters. The van der Waals surface area contributed by atoms with Crippen molar-refractivity contribution in [1.29, 1.82) is 5.26 Å². The summed E-state index contributed by atoms with van der Waals surface area (Å²) in [6.07, 6.45) is 4.82. The summed E-state index contributed by atoms with van der Waals surface area (Å²) < 4.78 is 0. The lowest BCUT2D eigenvalue weighted by Gasteiger charge is -2.51. The van der Waals surface area contributed by atoms with E-state index in [-0.39, 0.29) is 17.6 Å². The lowest BCUT2D eigenvalue weighted by atomic mass is 9.57. The number of rotatable bonds is 0. The van der Waals surface area contributed by atoms with Crippen molar-refractivity contribution in [3.05, 3.63) is 0 Å². The molecule has 4 bridgehead atoms. The van der Waals surface area contributed by atoms with Crippen LogP contribution in [-0.4, -0.2) is 17.9 Å². The zero-order chi connectivity index (χ0) is 12.7. The lowest BCUT2D eigenvalue weighted by Crippen LogP contribution is -2.56. The summed E-state index contributed by atoms with van der Waals surface area (Å²) in [5.74, 6) is 2.65. The molecular formula is C15H17N3O. The fourth-order valence-electron chi connectivity index (χ4n) is 6.29. The van der Waals surface area contributed by atoms with Crippen LogP contribution in [0.1, 0.15) is 25.7 Å². The van der Waals surface area contributed by atoms with Crippen LogP contribution in [0.25, 0.3) is 0 Å². The van der Waals surface area contributed by atoms with E-state index in [1.54, 1.807) is 0 Å². The molecule has 6 aliphatic rings. The smallest absolute Gasteiger partial charge is 0.153 e. The summed E-state index contributed by atoms with van der Waals surface area (Å²) >= 11 is 0. The average molecular weight is 255 g/mol. The number of hydrogen-bond acceptors (Lipinski definition) is 4. The van der Waals surface area contributed by atoms with Crippen LogP contribution in [0, 0.1) is 52.8 Å². The molecule has 2 aliphatic heterocycles. The van der Waals surface area contributed by atoms with Crippen LogP contribution in [0.15, 0.2) is 10.2 Å². The predicted octanol–water partition coefficient (Wildman–Crippen LogP) is 2.21. The number of hydrogen-bond donors (Lipinski definition) is 0. The van der Waals surface area contributed by atoms with E-state index in [2.05, 4.69) is 16.3 Å². The third kappa shape index (κ3) is 1.02. The number of nitriles is 1. The van der Waals surface area contributed by atoms with Gasteiger partial charge in [-0.3, -0.25) is 4.79 Å². The first-order valence-electron chi connectivity index (χ1n) is 7.64. The molecule has 19 heavy (non-hydrogen) atoms.